The Balaban J connectivity index is 1.86. The Bertz CT molecular complexity index is 698. The molecule has 3 aromatic rings. The van der Waals surface area contributed by atoms with Gasteiger partial charge in [-0.15, -0.1) is 11.3 Å². The van der Waals surface area contributed by atoms with Crippen molar-refractivity contribution in [1.82, 2.24) is 14.5 Å². The van der Waals surface area contributed by atoms with Gasteiger partial charge < -0.3 is 9.88 Å². The molecule has 4 nitrogen and oxygen atoms in total. The second kappa shape index (κ2) is 5.01. The highest BCUT2D eigenvalue weighted by Crippen LogP contribution is 2.22. The Morgan fingerprint density at radius 1 is 1.32 bits per heavy atom. The van der Waals surface area contributed by atoms with Crippen molar-refractivity contribution in [2.75, 3.05) is 5.32 Å². The topological polar surface area (TPSA) is 42.7 Å². The fourth-order valence-electron chi connectivity index (χ4n) is 2.19. The van der Waals surface area contributed by atoms with Crippen LogP contribution in [0.15, 0.2) is 30.0 Å². The van der Waals surface area contributed by atoms with Gasteiger partial charge in [0.25, 0.3) is 0 Å². The summed E-state index contributed by atoms with van der Waals surface area (Å²) < 4.78 is 2.00. The third kappa shape index (κ3) is 2.21. The number of aromatic nitrogens is 3. The summed E-state index contributed by atoms with van der Waals surface area (Å²) >= 11 is 1.79. The zero-order valence-corrected chi connectivity index (χ0v) is 11.9. The van der Waals surface area contributed by atoms with Crippen LogP contribution >= 0.6 is 11.3 Å². The van der Waals surface area contributed by atoms with Gasteiger partial charge in [-0.05, 0) is 29.5 Å². The van der Waals surface area contributed by atoms with E-state index in [1.54, 1.807) is 11.3 Å². The van der Waals surface area contributed by atoms with Crippen LogP contribution < -0.4 is 5.32 Å². The van der Waals surface area contributed by atoms with Crippen LogP contribution in [0.4, 0.5) is 5.82 Å². The first kappa shape index (κ1) is 12.2. The summed E-state index contributed by atoms with van der Waals surface area (Å²) in [6.45, 7) is 2.99. The molecule has 0 unspecified atom stereocenters. The lowest BCUT2D eigenvalue weighted by molar-refractivity contribution is 0.947. The number of hydrogen-bond acceptors (Lipinski definition) is 4. The van der Waals surface area contributed by atoms with Crippen molar-refractivity contribution >= 4 is 28.2 Å². The Morgan fingerprint density at radius 3 is 3.05 bits per heavy atom. The van der Waals surface area contributed by atoms with Crippen LogP contribution in [-0.2, 0) is 20.0 Å². The minimum atomic E-state index is 0.809. The summed E-state index contributed by atoms with van der Waals surface area (Å²) in [6.07, 6.45) is 4.71. The van der Waals surface area contributed by atoms with E-state index in [-0.39, 0.29) is 0 Å². The molecule has 3 heterocycles. The highest BCUT2D eigenvalue weighted by atomic mass is 32.1. The van der Waals surface area contributed by atoms with Crippen LogP contribution in [0.5, 0.6) is 0 Å². The maximum atomic E-state index is 4.40. The molecule has 19 heavy (non-hydrogen) atoms. The molecule has 1 N–H and O–H groups in total. The number of hydrogen-bond donors (Lipinski definition) is 1. The molecular formula is C14H16N4S. The third-order valence-electron chi connectivity index (χ3n) is 3.28. The van der Waals surface area contributed by atoms with Gasteiger partial charge in [-0.1, -0.05) is 6.92 Å². The van der Waals surface area contributed by atoms with Crippen molar-refractivity contribution in [1.29, 1.82) is 0 Å². The van der Waals surface area contributed by atoms with E-state index >= 15 is 0 Å². The normalized spacial score (nSPS) is 11.1. The highest BCUT2D eigenvalue weighted by Gasteiger charge is 2.08. The largest absolute Gasteiger partial charge is 0.363 e. The molecule has 0 amide bonds. The van der Waals surface area contributed by atoms with Gasteiger partial charge in [-0.25, -0.2) is 9.97 Å². The number of imidazole rings is 1. The van der Waals surface area contributed by atoms with Crippen LogP contribution in [-0.4, -0.2) is 14.5 Å². The quantitative estimate of drug-likeness (QED) is 0.793. The second-order valence-corrected chi connectivity index (χ2v) is 5.46. The van der Waals surface area contributed by atoms with Gasteiger partial charge in [0.05, 0.1) is 18.4 Å². The van der Waals surface area contributed by atoms with Gasteiger partial charge in [-0.3, -0.25) is 0 Å². The Hall–Kier alpha value is -1.88. The van der Waals surface area contributed by atoms with Gasteiger partial charge in [-0.2, -0.15) is 0 Å². The molecule has 0 aromatic carbocycles. The molecule has 0 spiro atoms. The minimum absolute atomic E-state index is 0.809. The molecular weight excluding hydrogens is 256 g/mol. The first-order valence-electron chi connectivity index (χ1n) is 6.34. The average Bonchev–Trinajstić information content (AvgIpc) is 3.03. The molecule has 0 aliphatic rings. The number of nitrogens with zero attached hydrogens (tertiary/aromatic N) is 3. The summed E-state index contributed by atoms with van der Waals surface area (Å²) in [7, 11) is 1.99. The lowest BCUT2D eigenvalue weighted by atomic mass is 10.2. The summed E-state index contributed by atoms with van der Waals surface area (Å²) in [4.78, 5) is 10.2. The van der Waals surface area contributed by atoms with E-state index in [2.05, 4.69) is 33.7 Å². The Morgan fingerprint density at radius 2 is 2.21 bits per heavy atom. The highest BCUT2D eigenvalue weighted by molar-refractivity contribution is 7.10. The summed E-state index contributed by atoms with van der Waals surface area (Å²) in [6, 6.07) is 4.17. The van der Waals surface area contributed by atoms with Crippen LogP contribution in [0.25, 0.3) is 11.0 Å². The fraction of sp³-hybridized carbons (Fsp3) is 0.286. The smallest absolute Gasteiger partial charge is 0.154 e. The Labute approximate surface area is 116 Å². The number of fused-ring (bicyclic) bond motifs is 1. The van der Waals surface area contributed by atoms with Gasteiger partial charge in [0.15, 0.2) is 5.82 Å². The first-order chi connectivity index (χ1) is 9.29. The average molecular weight is 272 g/mol. The SMILES string of the molecule is CCc1ccsc1CNc1nccc2c1ncn2C. The van der Waals surface area contributed by atoms with Crippen molar-refractivity contribution < 1.29 is 0 Å². The maximum absolute atomic E-state index is 4.40. The fourth-order valence-corrected chi connectivity index (χ4v) is 3.11. The zero-order valence-electron chi connectivity index (χ0n) is 11.1. The number of nitrogens with one attached hydrogen (secondary N) is 1. The minimum Gasteiger partial charge on any atom is -0.363 e. The van der Waals surface area contributed by atoms with Crippen LogP contribution in [0.2, 0.25) is 0 Å². The van der Waals surface area contributed by atoms with Crippen LogP contribution in [0, 0.1) is 0 Å². The standard InChI is InChI=1S/C14H16N4S/c1-3-10-5-7-19-12(10)8-16-14-13-11(4-6-15-14)18(2)9-17-13/h4-7,9H,3,8H2,1-2H3,(H,15,16). The van der Waals surface area contributed by atoms with E-state index in [1.807, 2.05) is 30.2 Å². The number of anilines is 1. The van der Waals surface area contributed by atoms with Crippen molar-refractivity contribution in [2.24, 2.45) is 7.05 Å². The van der Waals surface area contributed by atoms with E-state index in [0.29, 0.717) is 0 Å². The predicted molar refractivity (Wildman–Crippen MR) is 79.5 cm³/mol. The van der Waals surface area contributed by atoms with Crippen molar-refractivity contribution in [2.45, 2.75) is 19.9 Å². The van der Waals surface area contributed by atoms with Crippen LogP contribution in [0.3, 0.4) is 0 Å². The van der Waals surface area contributed by atoms with E-state index in [9.17, 15) is 0 Å². The number of rotatable bonds is 4. The molecule has 0 saturated heterocycles. The molecule has 0 saturated carbocycles. The van der Waals surface area contributed by atoms with Gasteiger partial charge in [0.2, 0.25) is 0 Å². The molecule has 0 atom stereocenters. The maximum Gasteiger partial charge on any atom is 0.154 e. The van der Waals surface area contributed by atoms with E-state index in [4.69, 9.17) is 0 Å². The van der Waals surface area contributed by atoms with E-state index in [1.165, 1.54) is 10.4 Å². The third-order valence-corrected chi connectivity index (χ3v) is 4.24. The molecule has 3 aromatic heterocycles. The molecule has 0 bridgehead atoms. The van der Waals surface area contributed by atoms with E-state index in [0.717, 1.165) is 29.8 Å². The molecule has 5 heteroatoms. The molecule has 98 valence electrons. The summed E-state index contributed by atoms with van der Waals surface area (Å²) in [5.74, 6) is 0.855. The predicted octanol–water partition coefficient (Wildman–Crippen LogP) is 3.20. The van der Waals surface area contributed by atoms with Gasteiger partial charge in [0, 0.05) is 18.1 Å². The zero-order chi connectivity index (χ0) is 13.2. The van der Waals surface area contributed by atoms with Crippen molar-refractivity contribution in [3.63, 3.8) is 0 Å². The monoisotopic (exact) mass is 272 g/mol. The summed E-state index contributed by atoms with van der Waals surface area (Å²) in [5.41, 5.74) is 3.43. The van der Waals surface area contributed by atoms with Gasteiger partial charge in [0.1, 0.15) is 5.52 Å². The number of aryl methyl sites for hydroxylation is 2. The van der Waals surface area contributed by atoms with Crippen LogP contribution in [0.1, 0.15) is 17.4 Å². The lowest BCUT2D eigenvalue weighted by Crippen LogP contribution is -2.02. The van der Waals surface area contributed by atoms with E-state index < -0.39 is 0 Å². The Kier molecular flexibility index (Phi) is 3.21. The number of pyridine rings is 1. The van der Waals surface area contributed by atoms with Crippen molar-refractivity contribution in [3.8, 4) is 0 Å². The first-order valence-corrected chi connectivity index (χ1v) is 7.22. The summed E-state index contributed by atoms with van der Waals surface area (Å²) in [5, 5.41) is 5.55. The second-order valence-electron chi connectivity index (χ2n) is 4.46. The molecule has 0 fully saturated rings. The molecule has 0 aliphatic carbocycles. The van der Waals surface area contributed by atoms with Crippen molar-refractivity contribution in [3.05, 3.63) is 40.5 Å². The lowest BCUT2D eigenvalue weighted by Gasteiger charge is -2.06. The molecule has 0 radical (unpaired) electrons. The molecule has 0 aliphatic heterocycles. The molecule has 3 rings (SSSR count). The number of thiophene rings is 1. The van der Waals surface area contributed by atoms with Gasteiger partial charge >= 0.3 is 0 Å².